The average Bonchev–Trinajstić information content (AvgIpc) is 2.61. The third-order valence-corrected chi connectivity index (χ3v) is 6.96. The van der Waals surface area contributed by atoms with Crippen LogP contribution in [0.2, 0.25) is 0 Å². The molecule has 0 aromatic heterocycles. The van der Waals surface area contributed by atoms with Gasteiger partial charge in [-0.2, -0.15) is 4.31 Å². The lowest BCUT2D eigenvalue weighted by Gasteiger charge is -2.20. The molecule has 0 fully saturated rings. The minimum atomic E-state index is -3.71. The Kier molecular flexibility index (Phi) is 7.08. The maximum Gasteiger partial charge on any atom is 0.243 e. The van der Waals surface area contributed by atoms with E-state index in [2.05, 4.69) is 11.4 Å². The standard InChI is InChI=1S/C20H26N2O3S2/c1-14-6-11-19(15(2)12-14)16(3)21-20(23)13-22(4)27(24,25)18-9-7-17(26-5)8-10-18/h6-12,16H,13H2,1-5H3,(H,21,23)/t16-/m1/s1. The second-order valence-electron chi connectivity index (χ2n) is 6.59. The molecule has 7 heteroatoms. The summed E-state index contributed by atoms with van der Waals surface area (Å²) in [5.41, 5.74) is 3.28. The lowest BCUT2D eigenvalue weighted by atomic mass is 10.0. The lowest BCUT2D eigenvalue weighted by Crippen LogP contribution is -2.39. The molecule has 1 atom stereocenters. The van der Waals surface area contributed by atoms with E-state index in [1.807, 2.05) is 39.2 Å². The summed E-state index contributed by atoms with van der Waals surface area (Å²) in [6, 6.07) is 12.5. The number of amides is 1. The summed E-state index contributed by atoms with van der Waals surface area (Å²) in [5, 5.41) is 2.88. The zero-order valence-electron chi connectivity index (χ0n) is 16.3. The van der Waals surface area contributed by atoms with Crippen molar-refractivity contribution in [2.75, 3.05) is 19.8 Å². The van der Waals surface area contributed by atoms with Crippen molar-refractivity contribution in [3.63, 3.8) is 0 Å². The predicted octanol–water partition coefficient (Wildman–Crippen LogP) is 3.52. The van der Waals surface area contributed by atoms with Gasteiger partial charge < -0.3 is 5.32 Å². The molecule has 146 valence electrons. The number of nitrogens with zero attached hydrogens (tertiary/aromatic N) is 1. The second-order valence-corrected chi connectivity index (χ2v) is 9.51. The number of hydrogen-bond donors (Lipinski definition) is 1. The smallest absolute Gasteiger partial charge is 0.243 e. The minimum Gasteiger partial charge on any atom is -0.348 e. The zero-order chi connectivity index (χ0) is 20.2. The molecule has 2 aromatic carbocycles. The molecule has 0 aliphatic heterocycles. The topological polar surface area (TPSA) is 66.5 Å². The van der Waals surface area contributed by atoms with E-state index in [0.717, 1.165) is 25.9 Å². The number of sulfonamides is 1. The Hall–Kier alpha value is -1.83. The number of aryl methyl sites for hydroxylation is 2. The summed E-state index contributed by atoms with van der Waals surface area (Å²) in [6.07, 6.45) is 1.93. The molecule has 2 rings (SSSR count). The van der Waals surface area contributed by atoms with Gasteiger partial charge in [-0.25, -0.2) is 8.42 Å². The largest absolute Gasteiger partial charge is 0.348 e. The van der Waals surface area contributed by atoms with Crippen LogP contribution in [0.3, 0.4) is 0 Å². The summed E-state index contributed by atoms with van der Waals surface area (Å²) < 4.78 is 26.4. The Morgan fingerprint density at radius 3 is 2.33 bits per heavy atom. The summed E-state index contributed by atoms with van der Waals surface area (Å²) >= 11 is 1.54. The quantitative estimate of drug-likeness (QED) is 0.715. The molecule has 0 aliphatic rings. The van der Waals surface area contributed by atoms with Gasteiger partial charge in [0.2, 0.25) is 15.9 Å². The van der Waals surface area contributed by atoms with Gasteiger partial charge in [0.05, 0.1) is 17.5 Å². The van der Waals surface area contributed by atoms with Gasteiger partial charge in [0.1, 0.15) is 0 Å². The van der Waals surface area contributed by atoms with Crippen LogP contribution in [0, 0.1) is 13.8 Å². The first-order valence-electron chi connectivity index (χ1n) is 8.62. The van der Waals surface area contributed by atoms with E-state index in [0.29, 0.717) is 0 Å². The zero-order valence-corrected chi connectivity index (χ0v) is 17.9. The summed E-state index contributed by atoms with van der Waals surface area (Å²) in [4.78, 5) is 13.5. The first-order chi connectivity index (χ1) is 12.6. The Labute approximate surface area is 166 Å². The molecule has 0 saturated carbocycles. The number of nitrogens with one attached hydrogen (secondary N) is 1. The van der Waals surface area contributed by atoms with Crippen molar-refractivity contribution in [3.05, 3.63) is 59.2 Å². The molecule has 1 N–H and O–H groups in total. The number of rotatable bonds is 7. The van der Waals surface area contributed by atoms with E-state index < -0.39 is 10.0 Å². The van der Waals surface area contributed by atoms with Gasteiger partial charge >= 0.3 is 0 Å². The predicted molar refractivity (Wildman–Crippen MR) is 111 cm³/mol. The van der Waals surface area contributed by atoms with Gasteiger partial charge in [-0.1, -0.05) is 23.8 Å². The number of benzene rings is 2. The highest BCUT2D eigenvalue weighted by Crippen LogP contribution is 2.21. The molecule has 0 bridgehead atoms. The third kappa shape index (κ3) is 5.34. The fourth-order valence-corrected chi connectivity index (χ4v) is 4.43. The van der Waals surface area contributed by atoms with Crippen LogP contribution < -0.4 is 5.32 Å². The maximum atomic E-state index is 12.7. The van der Waals surface area contributed by atoms with Crippen molar-refractivity contribution in [3.8, 4) is 0 Å². The number of carbonyl (C=O) groups is 1. The Morgan fingerprint density at radius 2 is 1.78 bits per heavy atom. The molecule has 0 spiro atoms. The molecule has 0 radical (unpaired) electrons. The van der Waals surface area contributed by atoms with E-state index >= 15 is 0 Å². The van der Waals surface area contributed by atoms with Crippen molar-refractivity contribution in [2.24, 2.45) is 0 Å². The fraction of sp³-hybridized carbons (Fsp3) is 0.350. The van der Waals surface area contributed by atoms with Crippen LogP contribution in [0.4, 0.5) is 0 Å². The van der Waals surface area contributed by atoms with E-state index in [4.69, 9.17) is 0 Å². The molecule has 1 amide bonds. The van der Waals surface area contributed by atoms with Crippen LogP contribution in [0.25, 0.3) is 0 Å². The highest BCUT2D eigenvalue weighted by molar-refractivity contribution is 7.98. The van der Waals surface area contributed by atoms with Crippen LogP contribution in [0.5, 0.6) is 0 Å². The monoisotopic (exact) mass is 406 g/mol. The van der Waals surface area contributed by atoms with Crippen molar-refractivity contribution in [1.82, 2.24) is 9.62 Å². The highest BCUT2D eigenvalue weighted by atomic mass is 32.2. The Morgan fingerprint density at radius 1 is 1.15 bits per heavy atom. The molecule has 0 heterocycles. The second kappa shape index (κ2) is 8.91. The fourth-order valence-electron chi connectivity index (χ4n) is 2.89. The molecule has 5 nitrogen and oxygen atoms in total. The Balaban J connectivity index is 2.05. The van der Waals surface area contributed by atoms with E-state index in [1.54, 1.807) is 36.0 Å². The molecule has 0 aliphatic carbocycles. The first kappa shape index (κ1) is 21.5. The maximum absolute atomic E-state index is 12.7. The van der Waals surface area contributed by atoms with Crippen LogP contribution in [0.1, 0.15) is 29.7 Å². The SMILES string of the molecule is CSc1ccc(S(=O)(=O)N(C)CC(=O)N[C@H](C)c2ccc(C)cc2C)cc1. The molecule has 0 saturated heterocycles. The normalized spacial score (nSPS) is 12.8. The van der Waals surface area contributed by atoms with Gasteiger partial charge in [-0.15, -0.1) is 11.8 Å². The summed E-state index contributed by atoms with van der Waals surface area (Å²) in [5.74, 6) is -0.339. The van der Waals surface area contributed by atoms with Crippen molar-refractivity contribution in [2.45, 2.75) is 36.6 Å². The van der Waals surface area contributed by atoms with Gasteiger partial charge in [0.15, 0.2) is 0 Å². The molecule has 27 heavy (non-hydrogen) atoms. The number of thioether (sulfide) groups is 1. The average molecular weight is 407 g/mol. The number of hydrogen-bond acceptors (Lipinski definition) is 4. The molecule has 2 aromatic rings. The Bertz CT molecular complexity index is 909. The van der Waals surface area contributed by atoms with Gasteiger partial charge in [-0.3, -0.25) is 4.79 Å². The number of likely N-dealkylation sites (N-methyl/N-ethyl adjacent to an activating group) is 1. The van der Waals surface area contributed by atoms with E-state index in [1.165, 1.54) is 7.05 Å². The van der Waals surface area contributed by atoms with Crippen molar-refractivity contribution >= 4 is 27.7 Å². The van der Waals surface area contributed by atoms with Gasteiger partial charge in [0.25, 0.3) is 0 Å². The lowest BCUT2D eigenvalue weighted by molar-refractivity contribution is -0.121. The molecular formula is C20H26N2O3S2. The summed E-state index contributed by atoms with van der Waals surface area (Å²) in [7, 11) is -2.29. The van der Waals surface area contributed by atoms with E-state index in [-0.39, 0.29) is 23.4 Å². The van der Waals surface area contributed by atoms with E-state index in [9.17, 15) is 13.2 Å². The van der Waals surface area contributed by atoms with Crippen LogP contribution in [-0.2, 0) is 14.8 Å². The highest BCUT2D eigenvalue weighted by Gasteiger charge is 2.23. The van der Waals surface area contributed by atoms with Crippen LogP contribution in [0.15, 0.2) is 52.3 Å². The van der Waals surface area contributed by atoms with Crippen LogP contribution >= 0.6 is 11.8 Å². The van der Waals surface area contributed by atoms with Crippen molar-refractivity contribution in [1.29, 1.82) is 0 Å². The van der Waals surface area contributed by atoms with Crippen LogP contribution in [-0.4, -0.2) is 38.5 Å². The summed E-state index contributed by atoms with van der Waals surface area (Å²) in [6.45, 7) is 5.68. The molecule has 0 unspecified atom stereocenters. The third-order valence-electron chi connectivity index (χ3n) is 4.40. The van der Waals surface area contributed by atoms with Gasteiger partial charge in [0, 0.05) is 11.9 Å². The number of carbonyl (C=O) groups excluding carboxylic acids is 1. The molecular weight excluding hydrogens is 380 g/mol. The minimum absolute atomic E-state index is 0.179. The first-order valence-corrected chi connectivity index (χ1v) is 11.3. The van der Waals surface area contributed by atoms with Gasteiger partial charge in [-0.05, 0) is 62.4 Å². The van der Waals surface area contributed by atoms with Crippen molar-refractivity contribution < 1.29 is 13.2 Å².